The molecule has 2 saturated heterocycles. The zero-order valence-electron chi connectivity index (χ0n) is 22.2. The molecule has 3 atom stereocenters. The minimum atomic E-state index is -4.51. The van der Waals surface area contributed by atoms with E-state index in [1.807, 2.05) is 13.8 Å². The Morgan fingerprint density at radius 2 is 1.62 bits per heavy atom. The van der Waals surface area contributed by atoms with E-state index in [1.54, 1.807) is 59.5 Å². The lowest BCUT2D eigenvalue weighted by Crippen LogP contribution is -2.50. The van der Waals surface area contributed by atoms with Gasteiger partial charge in [-0.3, -0.25) is 9.80 Å². The quantitative estimate of drug-likeness (QED) is 0.328. The minimum absolute atomic E-state index is 0.0425. The van der Waals surface area contributed by atoms with E-state index in [0.29, 0.717) is 53.8 Å². The Bertz CT molecular complexity index is 1330. The number of alkyl halides is 3. The van der Waals surface area contributed by atoms with Crippen molar-refractivity contribution in [3.63, 3.8) is 0 Å². The van der Waals surface area contributed by atoms with Crippen LogP contribution in [-0.4, -0.2) is 49.3 Å². The Morgan fingerprint density at radius 3 is 2.25 bits per heavy atom. The van der Waals surface area contributed by atoms with Crippen LogP contribution < -0.4 is 15.0 Å². The van der Waals surface area contributed by atoms with Crippen molar-refractivity contribution >= 4 is 23.3 Å². The zero-order chi connectivity index (χ0) is 28.5. The van der Waals surface area contributed by atoms with Crippen LogP contribution in [-0.2, 0) is 16.5 Å². The number of hydrogen-bond donors (Lipinski definition) is 1. The SMILES string of the molecule is C[C@@H]1CN(CCC2(c3cccc(C(F)(F)F)c3)CNC(=O)N2c2ccc(Oc3ccc(Cl)cc3)cc2)C[C@H](C)O1. The molecule has 6 nitrogen and oxygen atoms in total. The van der Waals surface area contributed by atoms with E-state index in [4.69, 9.17) is 21.1 Å². The molecule has 0 spiro atoms. The van der Waals surface area contributed by atoms with Gasteiger partial charge in [0.25, 0.3) is 0 Å². The number of amides is 2. The fraction of sp³-hybridized carbons (Fsp3) is 0.367. The van der Waals surface area contributed by atoms with Crippen LogP contribution in [0.15, 0.2) is 72.8 Å². The van der Waals surface area contributed by atoms with Crippen LogP contribution in [0, 0.1) is 0 Å². The lowest BCUT2D eigenvalue weighted by Gasteiger charge is -2.41. The summed E-state index contributed by atoms with van der Waals surface area (Å²) in [5.41, 5.74) is -0.804. The number of rotatable bonds is 7. The van der Waals surface area contributed by atoms with Crippen LogP contribution >= 0.6 is 11.6 Å². The first-order chi connectivity index (χ1) is 19.0. The summed E-state index contributed by atoms with van der Waals surface area (Å²) in [5.74, 6) is 1.15. The van der Waals surface area contributed by atoms with Crippen molar-refractivity contribution in [1.82, 2.24) is 10.2 Å². The number of anilines is 1. The fourth-order valence-corrected chi connectivity index (χ4v) is 5.74. The van der Waals surface area contributed by atoms with Gasteiger partial charge in [0, 0.05) is 36.9 Å². The molecule has 0 bridgehead atoms. The minimum Gasteiger partial charge on any atom is -0.457 e. The van der Waals surface area contributed by atoms with Gasteiger partial charge in [-0.2, -0.15) is 13.2 Å². The number of ether oxygens (including phenoxy) is 2. The molecule has 1 N–H and O–H groups in total. The maximum absolute atomic E-state index is 13.7. The number of nitrogens with zero attached hydrogens (tertiary/aromatic N) is 2. The first-order valence-corrected chi connectivity index (χ1v) is 13.6. The molecule has 1 unspecified atom stereocenters. The first-order valence-electron chi connectivity index (χ1n) is 13.2. The molecule has 0 saturated carbocycles. The summed E-state index contributed by atoms with van der Waals surface area (Å²) in [5, 5.41) is 3.49. The lowest BCUT2D eigenvalue weighted by molar-refractivity contribution is -0.137. The Morgan fingerprint density at radius 1 is 1.00 bits per heavy atom. The predicted molar refractivity (Wildman–Crippen MR) is 148 cm³/mol. The standard InChI is InChI=1S/C30H31ClF3N3O3/c1-20-17-36(18-21(2)39-20)15-14-29(22-4-3-5-23(16-22)30(32,33)34)19-35-28(38)37(29)25-8-12-27(13-9-25)40-26-10-6-24(31)7-11-26/h3-13,16,20-21H,14-15,17-19H2,1-2H3,(H,35,38)/t20-,21+,29?. The second kappa shape index (κ2) is 11.3. The van der Waals surface area contributed by atoms with E-state index in [2.05, 4.69) is 10.2 Å². The van der Waals surface area contributed by atoms with Gasteiger partial charge in [0.15, 0.2) is 0 Å². The number of urea groups is 1. The molecule has 2 heterocycles. The molecule has 2 aliphatic rings. The molecule has 0 radical (unpaired) electrons. The van der Waals surface area contributed by atoms with Crippen molar-refractivity contribution < 1.29 is 27.4 Å². The molecule has 0 aromatic heterocycles. The van der Waals surface area contributed by atoms with Crippen molar-refractivity contribution in [3.8, 4) is 11.5 Å². The molecule has 0 aliphatic carbocycles. The number of carbonyl (C=O) groups excluding carboxylic acids is 1. The van der Waals surface area contributed by atoms with Crippen molar-refractivity contribution in [2.24, 2.45) is 0 Å². The second-order valence-corrected chi connectivity index (χ2v) is 10.9. The van der Waals surface area contributed by atoms with Gasteiger partial charge in [0.2, 0.25) is 0 Å². The summed E-state index contributed by atoms with van der Waals surface area (Å²) in [4.78, 5) is 17.2. The number of benzene rings is 3. The van der Waals surface area contributed by atoms with Crippen molar-refractivity contribution in [3.05, 3.63) is 88.9 Å². The molecule has 2 fully saturated rings. The van der Waals surface area contributed by atoms with E-state index in [-0.39, 0.29) is 24.8 Å². The summed E-state index contributed by atoms with van der Waals surface area (Å²) >= 11 is 5.95. The van der Waals surface area contributed by atoms with Crippen molar-refractivity contribution in [1.29, 1.82) is 0 Å². The van der Waals surface area contributed by atoms with Crippen molar-refractivity contribution in [2.45, 2.75) is 44.2 Å². The highest BCUT2D eigenvalue weighted by Crippen LogP contribution is 2.42. The molecule has 40 heavy (non-hydrogen) atoms. The van der Waals surface area contributed by atoms with Crippen LogP contribution in [0.3, 0.4) is 0 Å². The molecule has 2 aliphatic heterocycles. The van der Waals surface area contributed by atoms with E-state index < -0.39 is 17.3 Å². The molecule has 2 amide bonds. The number of morpholine rings is 1. The monoisotopic (exact) mass is 573 g/mol. The Balaban J connectivity index is 1.48. The third-order valence-electron chi connectivity index (χ3n) is 7.37. The van der Waals surface area contributed by atoms with Gasteiger partial charge >= 0.3 is 12.2 Å². The molecule has 3 aromatic carbocycles. The van der Waals surface area contributed by atoms with Crippen LogP contribution in [0.5, 0.6) is 11.5 Å². The molecule has 3 aromatic rings. The highest BCUT2D eigenvalue weighted by molar-refractivity contribution is 6.30. The van der Waals surface area contributed by atoms with E-state index in [0.717, 1.165) is 12.1 Å². The Labute approximate surface area is 236 Å². The number of nitrogens with one attached hydrogen (secondary N) is 1. The van der Waals surface area contributed by atoms with E-state index >= 15 is 0 Å². The van der Waals surface area contributed by atoms with E-state index in [1.165, 1.54) is 6.07 Å². The zero-order valence-corrected chi connectivity index (χ0v) is 23.0. The number of hydrogen-bond acceptors (Lipinski definition) is 4. The van der Waals surface area contributed by atoms with Gasteiger partial charge < -0.3 is 14.8 Å². The summed E-state index contributed by atoms with van der Waals surface area (Å²) < 4.78 is 53.0. The van der Waals surface area contributed by atoms with Crippen molar-refractivity contribution in [2.75, 3.05) is 31.1 Å². The van der Waals surface area contributed by atoms with Gasteiger partial charge in [-0.1, -0.05) is 23.7 Å². The summed E-state index contributed by atoms with van der Waals surface area (Å²) in [6.45, 7) is 6.18. The normalized spacial score (nSPS) is 23.8. The maximum atomic E-state index is 13.7. The highest BCUT2D eigenvalue weighted by Gasteiger charge is 2.48. The Hall–Kier alpha value is -3.27. The summed E-state index contributed by atoms with van der Waals surface area (Å²) in [6.07, 6.45) is -4.00. The average Bonchev–Trinajstić information content (AvgIpc) is 3.25. The second-order valence-electron chi connectivity index (χ2n) is 10.4. The maximum Gasteiger partial charge on any atom is 0.416 e. The topological polar surface area (TPSA) is 54.0 Å². The van der Waals surface area contributed by atoms with Crippen LogP contribution in [0.4, 0.5) is 23.7 Å². The van der Waals surface area contributed by atoms with Crippen LogP contribution in [0.1, 0.15) is 31.4 Å². The highest BCUT2D eigenvalue weighted by atomic mass is 35.5. The number of halogens is 4. The third-order valence-corrected chi connectivity index (χ3v) is 7.62. The van der Waals surface area contributed by atoms with Gasteiger partial charge in [0.1, 0.15) is 11.5 Å². The Kier molecular flexibility index (Phi) is 7.99. The van der Waals surface area contributed by atoms with E-state index in [9.17, 15) is 18.0 Å². The van der Waals surface area contributed by atoms with Gasteiger partial charge in [-0.25, -0.2) is 4.79 Å². The average molecular weight is 574 g/mol. The summed E-state index contributed by atoms with van der Waals surface area (Å²) in [6, 6.07) is 18.8. The largest absolute Gasteiger partial charge is 0.457 e. The molecular weight excluding hydrogens is 543 g/mol. The smallest absolute Gasteiger partial charge is 0.416 e. The van der Waals surface area contributed by atoms with Crippen LogP contribution in [0.25, 0.3) is 0 Å². The van der Waals surface area contributed by atoms with Gasteiger partial charge in [0.05, 0.1) is 23.3 Å². The molecule has 212 valence electrons. The molecule has 10 heteroatoms. The predicted octanol–water partition coefficient (Wildman–Crippen LogP) is 7.08. The van der Waals surface area contributed by atoms with Crippen LogP contribution in [0.2, 0.25) is 5.02 Å². The summed E-state index contributed by atoms with van der Waals surface area (Å²) in [7, 11) is 0. The third kappa shape index (κ3) is 6.06. The van der Waals surface area contributed by atoms with Gasteiger partial charge in [-0.15, -0.1) is 0 Å². The molecule has 5 rings (SSSR count). The first kappa shape index (κ1) is 28.3. The fourth-order valence-electron chi connectivity index (χ4n) is 5.61. The van der Waals surface area contributed by atoms with Gasteiger partial charge in [-0.05, 0) is 86.5 Å². The lowest BCUT2D eigenvalue weighted by atomic mass is 9.84. The molecular formula is C30H31ClF3N3O3. The number of carbonyl (C=O) groups is 1.